The lowest BCUT2D eigenvalue weighted by atomic mass is 9.50. The predicted molar refractivity (Wildman–Crippen MR) is 197 cm³/mol. The van der Waals surface area contributed by atoms with Crippen LogP contribution >= 0.6 is 0 Å². The van der Waals surface area contributed by atoms with Crippen molar-refractivity contribution in [1.82, 2.24) is 9.62 Å². The Morgan fingerprint density at radius 1 is 0.800 bits per heavy atom. The summed E-state index contributed by atoms with van der Waals surface area (Å²) in [7, 11) is -3.75. The summed E-state index contributed by atoms with van der Waals surface area (Å²) in [6, 6.07) is 27.2. The van der Waals surface area contributed by atoms with Crippen LogP contribution in [0.15, 0.2) is 84.9 Å². The van der Waals surface area contributed by atoms with Gasteiger partial charge in [0.2, 0.25) is 10.0 Å². The first-order valence-corrected chi connectivity index (χ1v) is 19.8. The van der Waals surface area contributed by atoms with Crippen LogP contribution < -0.4 is 14.4 Å². The number of fused-ring (bicyclic) bond motifs is 1. The molecule has 2 amide bonds. The standard InChI is InChI=1S/C41H45N3O5S/c1-2-49-34-7-5-6-32(23-34)35-14-15-38(37-9-4-3-8-36(35)37)40(46)44-18-16-43(17-19-44)33-12-10-31(11-13-33)39(45)42-50(47,48)27-41-24-28-20-29(25-41)22-30(21-28)26-41/h3-15,23,28-30H,2,16-22,24-27H2,1H3,(H,42,45). The maximum atomic E-state index is 13.9. The second kappa shape index (κ2) is 13.1. The monoisotopic (exact) mass is 691 g/mol. The summed E-state index contributed by atoms with van der Waals surface area (Å²) in [5, 5.41) is 1.95. The average Bonchev–Trinajstić information content (AvgIpc) is 3.10. The molecule has 0 radical (unpaired) electrons. The van der Waals surface area contributed by atoms with Gasteiger partial charge in [-0.15, -0.1) is 0 Å². The van der Waals surface area contributed by atoms with Crippen molar-refractivity contribution in [3.8, 4) is 16.9 Å². The highest BCUT2D eigenvalue weighted by Gasteiger charge is 2.52. The largest absolute Gasteiger partial charge is 0.494 e. The zero-order chi connectivity index (χ0) is 34.5. The molecule has 50 heavy (non-hydrogen) atoms. The Hall–Kier alpha value is -4.37. The number of carbonyl (C=O) groups excluding carboxylic acids is 2. The zero-order valence-corrected chi connectivity index (χ0v) is 29.5. The molecule has 1 aliphatic heterocycles. The van der Waals surface area contributed by atoms with Crippen LogP contribution in [0.4, 0.5) is 5.69 Å². The molecule has 4 aliphatic carbocycles. The van der Waals surface area contributed by atoms with E-state index in [0.29, 0.717) is 61.7 Å². The SMILES string of the molecule is CCOc1cccc(-c2ccc(C(=O)N3CCN(c4ccc(C(=O)NS(=O)(=O)CC56CC7CC(CC(C7)C5)C6)cc4)CC3)c3ccccc23)c1. The number of nitrogens with one attached hydrogen (secondary N) is 1. The van der Waals surface area contributed by atoms with Gasteiger partial charge in [0.15, 0.2) is 0 Å². The van der Waals surface area contributed by atoms with Crippen LogP contribution in [0.5, 0.6) is 5.75 Å². The highest BCUT2D eigenvalue weighted by molar-refractivity contribution is 7.90. The van der Waals surface area contributed by atoms with Gasteiger partial charge in [-0.25, -0.2) is 13.1 Å². The van der Waals surface area contributed by atoms with Gasteiger partial charge in [-0.2, -0.15) is 0 Å². The van der Waals surface area contributed by atoms with E-state index in [1.54, 1.807) is 12.1 Å². The lowest BCUT2D eigenvalue weighted by molar-refractivity contribution is -0.0391. The lowest BCUT2D eigenvalue weighted by Gasteiger charge is -2.56. The van der Waals surface area contributed by atoms with Gasteiger partial charge in [-0.1, -0.05) is 42.5 Å². The molecule has 0 aromatic heterocycles. The van der Waals surface area contributed by atoms with Gasteiger partial charge in [0, 0.05) is 43.0 Å². The predicted octanol–water partition coefficient (Wildman–Crippen LogP) is 7.14. The van der Waals surface area contributed by atoms with E-state index >= 15 is 0 Å². The van der Waals surface area contributed by atoms with Crippen LogP contribution in [0.1, 0.15) is 66.2 Å². The third-order valence-corrected chi connectivity index (χ3v) is 13.1. The average molecular weight is 692 g/mol. The molecule has 5 fully saturated rings. The Morgan fingerprint density at radius 2 is 1.46 bits per heavy atom. The van der Waals surface area contributed by atoms with Crippen molar-refractivity contribution in [2.45, 2.75) is 45.4 Å². The highest BCUT2D eigenvalue weighted by atomic mass is 32.2. The fourth-order valence-electron chi connectivity index (χ4n) is 9.93. The molecular weight excluding hydrogens is 647 g/mol. The molecule has 5 aliphatic rings. The molecule has 0 atom stereocenters. The number of amides is 2. The molecule has 4 aromatic rings. The van der Waals surface area contributed by atoms with E-state index in [0.717, 1.165) is 52.6 Å². The molecule has 8 nitrogen and oxygen atoms in total. The summed E-state index contributed by atoms with van der Waals surface area (Å²) in [6.07, 6.45) is 6.69. The summed E-state index contributed by atoms with van der Waals surface area (Å²) in [6.45, 7) is 5.00. The Bertz CT molecular complexity index is 2000. The molecule has 1 saturated heterocycles. The molecule has 260 valence electrons. The summed E-state index contributed by atoms with van der Waals surface area (Å²) >= 11 is 0. The van der Waals surface area contributed by atoms with Crippen LogP contribution in [0.2, 0.25) is 0 Å². The van der Waals surface area contributed by atoms with Gasteiger partial charge in [0.25, 0.3) is 11.8 Å². The minimum atomic E-state index is -3.75. The van der Waals surface area contributed by atoms with E-state index < -0.39 is 15.9 Å². The molecule has 4 bridgehead atoms. The normalized spacial score (nSPS) is 24.4. The molecule has 1 N–H and O–H groups in total. The van der Waals surface area contributed by atoms with Gasteiger partial charge in [0.1, 0.15) is 5.75 Å². The van der Waals surface area contributed by atoms with Crippen molar-refractivity contribution in [2.24, 2.45) is 23.2 Å². The van der Waals surface area contributed by atoms with E-state index in [1.165, 1.54) is 19.3 Å². The van der Waals surface area contributed by atoms with E-state index in [2.05, 4.69) is 21.8 Å². The smallest absolute Gasteiger partial charge is 0.264 e. The fraction of sp³-hybridized carbons (Fsp3) is 0.415. The summed E-state index contributed by atoms with van der Waals surface area (Å²) < 4.78 is 34.5. The van der Waals surface area contributed by atoms with Crippen LogP contribution in [0.3, 0.4) is 0 Å². The Labute approximate surface area is 294 Å². The minimum Gasteiger partial charge on any atom is -0.494 e. The second-order valence-corrected chi connectivity index (χ2v) is 16.8. The van der Waals surface area contributed by atoms with Crippen LogP contribution in [0.25, 0.3) is 21.9 Å². The number of ether oxygens (including phenoxy) is 1. The minimum absolute atomic E-state index is 0.0113. The molecule has 4 saturated carbocycles. The number of sulfonamides is 1. The number of nitrogens with zero attached hydrogens (tertiary/aromatic N) is 2. The summed E-state index contributed by atoms with van der Waals surface area (Å²) in [5.41, 5.74) is 3.89. The van der Waals surface area contributed by atoms with E-state index in [4.69, 9.17) is 4.74 Å². The van der Waals surface area contributed by atoms with E-state index in [9.17, 15) is 18.0 Å². The van der Waals surface area contributed by atoms with Gasteiger partial charge in [0.05, 0.1) is 12.4 Å². The fourth-order valence-corrected chi connectivity index (χ4v) is 11.6. The van der Waals surface area contributed by atoms with Crippen LogP contribution in [0, 0.1) is 23.2 Å². The van der Waals surface area contributed by atoms with Crippen molar-refractivity contribution in [3.05, 3.63) is 96.1 Å². The molecule has 9 heteroatoms. The molecule has 9 rings (SSSR count). The second-order valence-electron chi connectivity index (χ2n) is 15.1. The molecule has 0 spiro atoms. The lowest BCUT2D eigenvalue weighted by Crippen LogP contribution is -2.51. The first kappa shape index (κ1) is 32.8. The number of hydrogen-bond acceptors (Lipinski definition) is 6. The number of piperazine rings is 1. The van der Waals surface area contributed by atoms with Crippen molar-refractivity contribution in [2.75, 3.05) is 43.4 Å². The maximum Gasteiger partial charge on any atom is 0.264 e. The van der Waals surface area contributed by atoms with Crippen LogP contribution in [-0.4, -0.2) is 63.7 Å². The first-order chi connectivity index (χ1) is 24.2. The molecular formula is C41H45N3O5S. The third kappa shape index (κ3) is 6.48. The Kier molecular flexibility index (Phi) is 8.58. The van der Waals surface area contributed by atoms with Crippen molar-refractivity contribution >= 4 is 38.3 Å². The van der Waals surface area contributed by atoms with Crippen LogP contribution in [-0.2, 0) is 10.0 Å². The number of carbonyl (C=O) groups is 2. The van der Waals surface area contributed by atoms with Gasteiger partial charge >= 0.3 is 0 Å². The maximum absolute atomic E-state index is 13.9. The van der Waals surface area contributed by atoms with Gasteiger partial charge < -0.3 is 14.5 Å². The number of rotatable bonds is 9. The van der Waals surface area contributed by atoms with Crippen molar-refractivity contribution in [1.29, 1.82) is 0 Å². The van der Waals surface area contributed by atoms with Gasteiger partial charge in [-0.3, -0.25) is 9.59 Å². The molecule has 1 heterocycles. The third-order valence-electron chi connectivity index (χ3n) is 11.6. The van der Waals surface area contributed by atoms with E-state index in [1.807, 2.05) is 72.5 Å². The first-order valence-electron chi connectivity index (χ1n) is 18.1. The van der Waals surface area contributed by atoms with E-state index in [-0.39, 0.29) is 17.1 Å². The number of anilines is 1. The zero-order valence-electron chi connectivity index (χ0n) is 28.6. The molecule has 0 unspecified atom stereocenters. The Balaban J connectivity index is 0.898. The number of benzene rings is 4. The quantitative estimate of drug-likeness (QED) is 0.201. The Morgan fingerprint density at radius 3 is 2.12 bits per heavy atom. The topological polar surface area (TPSA) is 96.0 Å². The van der Waals surface area contributed by atoms with Gasteiger partial charge in [-0.05, 0) is 133 Å². The van der Waals surface area contributed by atoms with Crippen molar-refractivity contribution < 1.29 is 22.7 Å². The number of hydrogen-bond donors (Lipinski definition) is 1. The van der Waals surface area contributed by atoms with Crippen molar-refractivity contribution in [3.63, 3.8) is 0 Å². The summed E-state index contributed by atoms with van der Waals surface area (Å²) in [5.74, 6) is 2.27. The molecule has 4 aromatic carbocycles. The highest BCUT2D eigenvalue weighted by Crippen LogP contribution is 2.60. The summed E-state index contributed by atoms with van der Waals surface area (Å²) in [4.78, 5) is 31.0.